The third kappa shape index (κ3) is 5.94. The minimum Gasteiger partial charge on any atom is -0.341 e. The van der Waals surface area contributed by atoms with Gasteiger partial charge >= 0.3 is 0 Å². The highest BCUT2D eigenvalue weighted by atomic mass is 16.2. The molecule has 0 spiro atoms. The van der Waals surface area contributed by atoms with E-state index in [0.29, 0.717) is 24.3 Å². The fraction of sp³-hybridized carbons (Fsp3) is 0.938. The zero-order valence-corrected chi connectivity index (χ0v) is 13.2. The molecule has 1 N–H and O–H groups in total. The Morgan fingerprint density at radius 2 is 2.05 bits per heavy atom. The highest BCUT2D eigenvalue weighted by Gasteiger charge is 2.28. The number of nitrogens with one attached hydrogen (secondary N) is 1. The number of carbonyl (C=O) groups is 1. The summed E-state index contributed by atoms with van der Waals surface area (Å²) >= 11 is 0. The summed E-state index contributed by atoms with van der Waals surface area (Å²) in [5.41, 5.74) is 0. The number of hydrogen-bond donors (Lipinski definition) is 1. The summed E-state index contributed by atoms with van der Waals surface area (Å²) in [4.78, 5) is 14.0. The minimum atomic E-state index is 0.316. The normalized spacial score (nSPS) is 23.9. The summed E-state index contributed by atoms with van der Waals surface area (Å²) in [5, 5.41) is 3.66. The standard InChI is InChI=1S/C16H32N2O/c1-5-7-14-10-15(17-9-8-13(3)4)12-18(11-14)16(19)6-2/h13-15,17H,5-12H2,1-4H3. The summed E-state index contributed by atoms with van der Waals surface area (Å²) in [6.45, 7) is 11.7. The molecule has 0 bridgehead atoms. The van der Waals surface area contributed by atoms with Crippen LogP contribution in [0.1, 0.15) is 59.8 Å². The lowest BCUT2D eigenvalue weighted by molar-refractivity contribution is -0.133. The molecule has 1 aliphatic heterocycles. The quantitative estimate of drug-likeness (QED) is 0.769. The SMILES string of the molecule is CCCC1CC(NCCC(C)C)CN(C(=O)CC)C1. The van der Waals surface area contributed by atoms with E-state index in [4.69, 9.17) is 0 Å². The fourth-order valence-corrected chi connectivity index (χ4v) is 2.97. The van der Waals surface area contributed by atoms with Crippen LogP contribution in [0.5, 0.6) is 0 Å². The van der Waals surface area contributed by atoms with Crippen molar-refractivity contribution in [2.75, 3.05) is 19.6 Å². The van der Waals surface area contributed by atoms with Crippen molar-refractivity contribution in [3.63, 3.8) is 0 Å². The monoisotopic (exact) mass is 268 g/mol. The van der Waals surface area contributed by atoms with Crippen molar-refractivity contribution in [3.8, 4) is 0 Å². The Morgan fingerprint density at radius 3 is 2.63 bits per heavy atom. The van der Waals surface area contributed by atoms with Crippen molar-refractivity contribution in [2.24, 2.45) is 11.8 Å². The van der Waals surface area contributed by atoms with Gasteiger partial charge in [-0.05, 0) is 37.6 Å². The number of nitrogens with zero attached hydrogens (tertiary/aromatic N) is 1. The van der Waals surface area contributed by atoms with Gasteiger partial charge in [0.2, 0.25) is 5.91 Å². The van der Waals surface area contributed by atoms with Crippen LogP contribution in [0.4, 0.5) is 0 Å². The van der Waals surface area contributed by atoms with Crippen LogP contribution in [0.3, 0.4) is 0 Å². The molecule has 2 unspecified atom stereocenters. The van der Waals surface area contributed by atoms with Crippen molar-refractivity contribution in [1.82, 2.24) is 10.2 Å². The van der Waals surface area contributed by atoms with Crippen LogP contribution in [0, 0.1) is 11.8 Å². The van der Waals surface area contributed by atoms with Gasteiger partial charge in [0.25, 0.3) is 0 Å². The Hall–Kier alpha value is -0.570. The maximum atomic E-state index is 11.9. The largest absolute Gasteiger partial charge is 0.341 e. The van der Waals surface area contributed by atoms with E-state index < -0.39 is 0 Å². The van der Waals surface area contributed by atoms with Crippen molar-refractivity contribution < 1.29 is 4.79 Å². The molecule has 0 radical (unpaired) electrons. The van der Waals surface area contributed by atoms with Crippen LogP contribution >= 0.6 is 0 Å². The van der Waals surface area contributed by atoms with Gasteiger partial charge in [-0.1, -0.05) is 34.1 Å². The number of piperidine rings is 1. The molecule has 0 aromatic heterocycles. The number of amides is 1. The summed E-state index contributed by atoms with van der Waals surface area (Å²) < 4.78 is 0. The van der Waals surface area contributed by atoms with Gasteiger partial charge in [-0.25, -0.2) is 0 Å². The molecule has 0 saturated carbocycles. The first-order valence-corrected chi connectivity index (χ1v) is 8.07. The molecule has 1 rings (SSSR count). The Kier molecular flexibility index (Phi) is 7.44. The second-order valence-corrected chi connectivity index (χ2v) is 6.38. The van der Waals surface area contributed by atoms with Gasteiger partial charge in [-0.15, -0.1) is 0 Å². The highest BCUT2D eigenvalue weighted by Crippen LogP contribution is 2.22. The van der Waals surface area contributed by atoms with Crippen molar-refractivity contribution >= 4 is 5.91 Å². The van der Waals surface area contributed by atoms with Crippen molar-refractivity contribution in [2.45, 2.75) is 65.8 Å². The predicted molar refractivity (Wildman–Crippen MR) is 81.1 cm³/mol. The molecule has 1 aliphatic rings. The van der Waals surface area contributed by atoms with Crippen molar-refractivity contribution in [3.05, 3.63) is 0 Å². The summed E-state index contributed by atoms with van der Waals surface area (Å²) in [5.74, 6) is 1.75. The second-order valence-electron chi connectivity index (χ2n) is 6.38. The van der Waals surface area contributed by atoms with Gasteiger partial charge < -0.3 is 10.2 Å². The third-order valence-corrected chi connectivity index (χ3v) is 4.04. The summed E-state index contributed by atoms with van der Waals surface area (Å²) in [6, 6.07) is 0.500. The van der Waals surface area contributed by atoms with E-state index in [1.54, 1.807) is 0 Å². The zero-order chi connectivity index (χ0) is 14.3. The first-order chi connectivity index (χ1) is 9.06. The van der Waals surface area contributed by atoms with Gasteiger partial charge in [-0.2, -0.15) is 0 Å². The number of likely N-dealkylation sites (tertiary alicyclic amines) is 1. The minimum absolute atomic E-state index is 0.316. The van der Waals surface area contributed by atoms with E-state index in [2.05, 4.69) is 31.0 Å². The van der Waals surface area contributed by atoms with Crippen LogP contribution in [-0.4, -0.2) is 36.5 Å². The molecule has 1 amide bonds. The van der Waals surface area contributed by atoms with Gasteiger partial charge in [0.15, 0.2) is 0 Å². The van der Waals surface area contributed by atoms with E-state index in [0.717, 1.165) is 25.6 Å². The average molecular weight is 268 g/mol. The lowest BCUT2D eigenvalue weighted by atomic mass is 9.90. The summed E-state index contributed by atoms with van der Waals surface area (Å²) in [7, 11) is 0. The molecule has 19 heavy (non-hydrogen) atoms. The first kappa shape index (κ1) is 16.5. The lowest BCUT2D eigenvalue weighted by Gasteiger charge is -2.38. The molecular weight excluding hydrogens is 236 g/mol. The molecule has 1 saturated heterocycles. The molecule has 1 heterocycles. The van der Waals surface area contributed by atoms with Crippen LogP contribution in [0.15, 0.2) is 0 Å². The number of rotatable bonds is 7. The average Bonchev–Trinajstić information content (AvgIpc) is 2.37. The van der Waals surface area contributed by atoms with Gasteiger partial charge in [0.1, 0.15) is 0 Å². The Labute approximate surface area is 119 Å². The highest BCUT2D eigenvalue weighted by molar-refractivity contribution is 5.76. The van der Waals surface area contributed by atoms with Gasteiger partial charge in [-0.3, -0.25) is 4.79 Å². The van der Waals surface area contributed by atoms with Gasteiger partial charge in [0.05, 0.1) is 0 Å². The van der Waals surface area contributed by atoms with E-state index in [9.17, 15) is 4.79 Å². The molecule has 2 atom stereocenters. The molecule has 0 aromatic rings. The molecule has 0 aromatic carbocycles. The summed E-state index contributed by atoms with van der Waals surface area (Å²) in [6.07, 6.45) is 5.56. The Morgan fingerprint density at radius 1 is 1.32 bits per heavy atom. The third-order valence-electron chi connectivity index (χ3n) is 4.04. The first-order valence-electron chi connectivity index (χ1n) is 8.07. The smallest absolute Gasteiger partial charge is 0.222 e. The number of hydrogen-bond acceptors (Lipinski definition) is 2. The molecule has 1 fully saturated rings. The lowest BCUT2D eigenvalue weighted by Crippen LogP contribution is -2.51. The van der Waals surface area contributed by atoms with Crippen molar-refractivity contribution in [1.29, 1.82) is 0 Å². The maximum Gasteiger partial charge on any atom is 0.222 e. The van der Waals surface area contributed by atoms with E-state index in [1.807, 2.05) is 6.92 Å². The molecule has 112 valence electrons. The number of carbonyl (C=O) groups excluding carboxylic acids is 1. The molecule has 3 heteroatoms. The Bertz CT molecular complexity index is 265. The van der Waals surface area contributed by atoms with Gasteiger partial charge in [0, 0.05) is 25.6 Å². The fourth-order valence-electron chi connectivity index (χ4n) is 2.97. The van der Waals surface area contributed by atoms with Crippen LogP contribution in [0.2, 0.25) is 0 Å². The second kappa shape index (κ2) is 8.57. The molecular formula is C16H32N2O. The van der Waals surface area contributed by atoms with E-state index in [1.165, 1.54) is 25.7 Å². The van der Waals surface area contributed by atoms with Crippen LogP contribution in [0.25, 0.3) is 0 Å². The maximum absolute atomic E-state index is 11.9. The zero-order valence-electron chi connectivity index (χ0n) is 13.2. The van der Waals surface area contributed by atoms with E-state index >= 15 is 0 Å². The predicted octanol–water partition coefficient (Wildman–Crippen LogP) is 3.05. The topological polar surface area (TPSA) is 32.3 Å². The van der Waals surface area contributed by atoms with Crippen LogP contribution < -0.4 is 5.32 Å². The molecule has 0 aliphatic carbocycles. The Balaban J connectivity index is 2.47. The molecule has 3 nitrogen and oxygen atoms in total. The van der Waals surface area contributed by atoms with Crippen LogP contribution in [-0.2, 0) is 4.79 Å². The van der Waals surface area contributed by atoms with E-state index in [-0.39, 0.29) is 0 Å².